The summed E-state index contributed by atoms with van der Waals surface area (Å²) < 4.78 is 0. The highest BCUT2D eigenvalue weighted by molar-refractivity contribution is 5.09. The Kier molecular flexibility index (Phi) is 3.74. The highest BCUT2D eigenvalue weighted by Crippen LogP contribution is 1.98. The summed E-state index contributed by atoms with van der Waals surface area (Å²) in [4.78, 5) is 5.50. The van der Waals surface area contributed by atoms with Crippen molar-refractivity contribution in [1.82, 2.24) is 4.98 Å². The third-order valence-electron chi connectivity index (χ3n) is 1.89. The molecular weight excluding hydrogens is 148 g/mol. The highest BCUT2D eigenvalue weighted by atomic mass is 15.0. The SMILES string of the molecule is C[NH+](C)CCCc1ccncc1. The molecule has 66 valence electrons. The topological polar surface area (TPSA) is 17.3 Å². The molecular formula is C10H17N2+. The third kappa shape index (κ3) is 3.49. The Labute approximate surface area is 74.2 Å². The van der Waals surface area contributed by atoms with Gasteiger partial charge in [-0.1, -0.05) is 0 Å². The van der Waals surface area contributed by atoms with Crippen LogP contribution in [0.2, 0.25) is 0 Å². The number of nitrogens with one attached hydrogen (secondary N) is 1. The molecule has 1 aromatic rings. The van der Waals surface area contributed by atoms with Crippen LogP contribution in [0.25, 0.3) is 0 Å². The summed E-state index contributed by atoms with van der Waals surface area (Å²) in [6, 6.07) is 4.18. The van der Waals surface area contributed by atoms with Crippen molar-refractivity contribution < 1.29 is 4.90 Å². The Bertz CT molecular complexity index is 206. The number of aryl methyl sites for hydroxylation is 1. The van der Waals surface area contributed by atoms with Gasteiger partial charge in [-0.25, -0.2) is 0 Å². The molecule has 1 aromatic heterocycles. The van der Waals surface area contributed by atoms with Crippen LogP contribution < -0.4 is 4.90 Å². The van der Waals surface area contributed by atoms with E-state index in [0.29, 0.717) is 0 Å². The van der Waals surface area contributed by atoms with Gasteiger partial charge in [0.25, 0.3) is 0 Å². The first-order chi connectivity index (χ1) is 5.79. The van der Waals surface area contributed by atoms with Crippen LogP contribution in [0.3, 0.4) is 0 Å². The standard InChI is InChI=1S/C10H16N2/c1-12(2)9-3-4-10-5-7-11-8-6-10/h5-8H,3-4,9H2,1-2H3/p+1. The molecule has 0 aliphatic heterocycles. The summed E-state index contributed by atoms with van der Waals surface area (Å²) in [6.45, 7) is 1.24. The Balaban J connectivity index is 2.25. The Morgan fingerprint density at radius 2 is 1.92 bits per heavy atom. The Morgan fingerprint density at radius 3 is 2.50 bits per heavy atom. The predicted octanol–water partition coefficient (Wildman–Crippen LogP) is 0.159. The normalized spacial score (nSPS) is 10.6. The molecule has 12 heavy (non-hydrogen) atoms. The molecule has 0 radical (unpaired) electrons. The third-order valence-corrected chi connectivity index (χ3v) is 1.89. The van der Waals surface area contributed by atoms with Crippen molar-refractivity contribution in [2.75, 3.05) is 20.6 Å². The first-order valence-electron chi connectivity index (χ1n) is 4.47. The number of pyridine rings is 1. The summed E-state index contributed by atoms with van der Waals surface area (Å²) in [6.07, 6.45) is 6.15. The summed E-state index contributed by atoms with van der Waals surface area (Å²) in [5.41, 5.74) is 1.39. The maximum Gasteiger partial charge on any atom is 0.0770 e. The van der Waals surface area contributed by atoms with E-state index in [0.717, 1.165) is 0 Å². The lowest BCUT2D eigenvalue weighted by Gasteiger charge is -2.06. The van der Waals surface area contributed by atoms with E-state index in [1.54, 1.807) is 0 Å². The molecule has 1 rings (SSSR count). The van der Waals surface area contributed by atoms with Crippen molar-refractivity contribution in [3.8, 4) is 0 Å². The fourth-order valence-corrected chi connectivity index (χ4v) is 1.20. The molecule has 0 aliphatic carbocycles. The van der Waals surface area contributed by atoms with Crippen LogP contribution in [0.4, 0.5) is 0 Å². The Morgan fingerprint density at radius 1 is 1.25 bits per heavy atom. The molecule has 0 fully saturated rings. The van der Waals surface area contributed by atoms with E-state index in [4.69, 9.17) is 0 Å². The lowest BCUT2D eigenvalue weighted by Crippen LogP contribution is -3.05. The smallest absolute Gasteiger partial charge is 0.0770 e. The monoisotopic (exact) mass is 165 g/mol. The lowest BCUT2D eigenvalue weighted by atomic mass is 10.1. The van der Waals surface area contributed by atoms with Crippen molar-refractivity contribution in [3.63, 3.8) is 0 Å². The molecule has 0 bridgehead atoms. The van der Waals surface area contributed by atoms with E-state index in [2.05, 4.69) is 31.2 Å². The molecule has 0 aliphatic rings. The van der Waals surface area contributed by atoms with E-state index in [9.17, 15) is 0 Å². The first-order valence-corrected chi connectivity index (χ1v) is 4.47. The molecule has 1 N–H and O–H groups in total. The number of nitrogens with zero attached hydrogens (tertiary/aromatic N) is 1. The molecule has 0 amide bonds. The minimum absolute atomic E-state index is 1.17. The van der Waals surface area contributed by atoms with Gasteiger partial charge < -0.3 is 4.90 Å². The van der Waals surface area contributed by atoms with Crippen LogP contribution in [0.15, 0.2) is 24.5 Å². The lowest BCUT2D eigenvalue weighted by molar-refractivity contribution is -0.858. The minimum atomic E-state index is 1.17. The summed E-state index contributed by atoms with van der Waals surface area (Å²) in [5.74, 6) is 0. The fraction of sp³-hybridized carbons (Fsp3) is 0.500. The van der Waals surface area contributed by atoms with Gasteiger partial charge in [0.2, 0.25) is 0 Å². The quantitative estimate of drug-likeness (QED) is 0.672. The molecule has 0 atom stereocenters. The van der Waals surface area contributed by atoms with Crippen LogP contribution in [-0.4, -0.2) is 25.6 Å². The van der Waals surface area contributed by atoms with Crippen LogP contribution in [0, 0.1) is 0 Å². The average molecular weight is 165 g/mol. The predicted molar refractivity (Wildman–Crippen MR) is 50.2 cm³/mol. The molecule has 1 heterocycles. The van der Waals surface area contributed by atoms with E-state index in [1.165, 1.54) is 29.8 Å². The number of hydrogen-bond acceptors (Lipinski definition) is 1. The zero-order valence-electron chi connectivity index (χ0n) is 7.88. The molecule has 0 saturated heterocycles. The fourth-order valence-electron chi connectivity index (χ4n) is 1.20. The molecule has 0 unspecified atom stereocenters. The minimum Gasteiger partial charge on any atom is -0.340 e. The zero-order valence-corrected chi connectivity index (χ0v) is 7.88. The maximum atomic E-state index is 3.98. The van der Waals surface area contributed by atoms with Gasteiger partial charge in [0, 0.05) is 18.8 Å². The van der Waals surface area contributed by atoms with Gasteiger partial charge in [0.05, 0.1) is 20.6 Å². The number of aromatic nitrogens is 1. The van der Waals surface area contributed by atoms with Crippen molar-refractivity contribution in [3.05, 3.63) is 30.1 Å². The van der Waals surface area contributed by atoms with Gasteiger partial charge in [-0.3, -0.25) is 4.98 Å². The largest absolute Gasteiger partial charge is 0.340 e. The molecule has 2 heteroatoms. The van der Waals surface area contributed by atoms with Crippen molar-refractivity contribution >= 4 is 0 Å². The van der Waals surface area contributed by atoms with Crippen LogP contribution >= 0.6 is 0 Å². The van der Waals surface area contributed by atoms with Crippen molar-refractivity contribution in [1.29, 1.82) is 0 Å². The van der Waals surface area contributed by atoms with Crippen LogP contribution in [-0.2, 0) is 6.42 Å². The van der Waals surface area contributed by atoms with Gasteiger partial charge >= 0.3 is 0 Å². The van der Waals surface area contributed by atoms with Gasteiger partial charge in [-0.15, -0.1) is 0 Å². The van der Waals surface area contributed by atoms with Gasteiger partial charge in [-0.2, -0.15) is 0 Å². The van der Waals surface area contributed by atoms with Gasteiger partial charge in [0.1, 0.15) is 0 Å². The van der Waals surface area contributed by atoms with E-state index < -0.39 is 0 Å². The zero-order chi connectivity index (χ0) is 8.81. The molecule has 2 nitrogen and oxygen atoms in total. The van der Waals surface area contributed by atoms with E-state index in [-0.39, 0.29) is 0 Å². The Hall–Kier alpha value is -0.890. The van der Waals surface area contributed by atoms with Crippen molar-refractivity contribution in [2.24, 2.45) is 0 Å². The van der Waals surface area contributed by atoms with Gasteiger partial charge in [0.15, 0.2) is 0 Å². The summed E-state index contributed by atoms with van der Waals surface area (Å²) in [5, 5.41) is 0. The molecule has 0 saturated carbocycles. The van der Waals surface area contributed by atoms with Crippen molar-refractivity contribution in [2.45, 2.75) is 12.8 Å². The molecule has 0 spiro atoms. The summed E-state index contributed by atoms with van der Waals surface area (Å²) in [7, 11) is 4.37. The maximum absolute atomic E-state index is 3.98. The first kappa shape index (κ1) is 9.20. The van der Waals surface area contributed by atoms with E-state index in [1.807, 2.05) is 12.4 Å². The molecule has 0 aromatic carbocycles. The second-order valence-electron chi connectivity index (χ2n) is 3.42. The van der Waals surface area contributed by atoms with Crippen LogP contribution in [0.5, 0.6) is 0 Å². The summed E-state index contributed by atoms with van der Waals surface area (Å²) >= 11 is 0. The van der Waals surface area contributed by atoms with Crippen LogP contribution in [0.1, 0.15) is 12.0 Å². The second-order valence-corrected chi connectivity index (χ2v) is 3.42. The average Bonchev–Trinajstić information content (AvgIpc) is 2.05. The number of quaternary nitrogens is 1. The number of rotatable bonds is 4. The van der Waals surface area contributed by atoms with E-state index >= 15 is 0 Å². The second kappa shape index (κ2) is 4.88. The highest BCUT2D eigenvalue weighted by Gasteiger charge is 1.95. The van der Waals surface area contributed by atoms with Gasteiger partial charge in [-0.05, 0) is 24.1 Å². The number of hydrogen-bond donors (Lipinski definition) is 1.